The molecule has 0 amide bonds. The average molecular weight is 242 g/mol. The monoisotopic (exact) mass is 242 g/mol. The number of benzene rings is 1. The molecule has 1 aromatic heterocycles. The molecule has 0 fully saturated rings. The van der Waals surface area contributed by atoms with Gasteiger partial charge in [0.2, 0.25) is 0 Å². The molecule has 0 saturated heterocycles. The van der Waals surface area contributed by atoms with Gasteiger partial charge in [0.1, 0.15) is 11.5 Å². The summed E-state index contributed by atoms with van der Waals surface area (Å²) in [7, 11) is 0. The van der Waals surface area contributed by atoms with E-state index in [0.29, 0.717) is 0 Å². The van der Waals surface area contributed by atoms with Crippen LogP contribution in [0, 0.1) is 6.92 Å². The van der Waals surface area contributed by atoms with E-state index in [4.69, 9.17) is 10.2 Å². The molecule has 0 spiro atoms. The Morgan fingerprint density at radius 1 is 1.22 bits per heavy atom. The van der Waals surface area contributed by atoms with Crippen LogP contribution in [-0.2, 0) is 13.1 Å². The molecule has 1 atom stereocenters. The van der Waals surface area contributed by atoms with Gasteiger partial charge < -0.3 is 10.2 Å². The molecule has 3 rings (SSSR count). The Balaban J connectivity index is 1.83. The highest BCUT2D eigenvalue weighted by Gasteiger charge is 2.26. The zero-order valence-electron chi connectivity index (χ0n) is 10.8. The predicted molar refractivity (Wildman–Crippen MR) is 72.0 cm³/mol. The summed E-state index contributed by atoms with van der Waals surface area (Å²) < 4.78 is 5.71. The molecule has 2 aromatic rings. The number of nitrogens with two attached hydrogens (primary N) is 1. The van der Waals surface area contributed by atoms with Crippen LogP contribution in [0.5, 0.6) is 0 Å². The molecule has 0 aliphatic carbocycles. The summed E-state index contributed by atoms with van der Waals surface area (Å²) in [6, 6.07) is 10.5. The highest BCUT2D eigenvalue weighted by Crippen LogP contribution is 2.34. The van der Waals surface area contributed by atoms with Crippen LogP contribution >= 0.6 is 0 Å². The first kappa shape index (κ1) is 11.4. The van der Waals surface area contributed by atoms with Crippen LogP contribution in [0.3, 0.4) is 0 Å². The van der Waals surface area contributed by atoms with Gasteiger partial charge in [0, 0.05) is 18.8 Å². The number of hydrogen-bond donors (Lipinski definition) is 1. The van der Waals surface area contributed by atoms with Gasteiger partial charge in [0.25, 0.3) is 0 Å². The predicted octanol–water partition coefficient (Wildman–Crippen LogP) is 3.25. The van der Waals surface area contributed by atoms with Gasteiger partial charge >= 0.3 is 0 Å². The van der Waals surface area contributed by atoms with E-state index in [1.807, 2.05) is 25.1 Å². The standard InChI is InChI=1S/C15H18N2O/c1-10-6-7-15(18-10)11(2)17-8-12-4-3-5-14(16)13(12)9-17/h3-7,11H,8-9,16H2,1-2H3. The Morgan fingerprint density at radius 2 is 2.06 bits per heavy atom. The lowest BCUT2D eigenvalue weighted by molar-refractivity contribution is 0.189. The van der Waals surface area contributed by atoms with Crippen molar-refractivity contribution < 1.29 is 4.42 Å². The number of hydrogen-bond acceptors (Lipinski definition) is 3. The highest BCUT2D eigenvalue weighted by atomic mass is 16.3. The minimum atomic E-state index is 0.283. The maximum atomic E-state index is 6.03. The summed E-state index contributed by atoms with van der Waals surface area (Å²) in [6.45, 7) is 6.01. The number of anilines is 1. The summed E-state index contributed by atoms with van der Waals surface area (Å²) in [4.78, 5) is 2.39. The Hall–Kier alpha value is -1.74. The largest absolute Gasteiger partial charge is 0.465 e. The van der Waals surface area contributed by atoms with Gasteiger partial charge in [-0.15, -0.1) is 0 Å². The van der Waals surface area contributed by atoms with Crippen molar-refractivity contribution in [2.75, 3.05) is 5.73 Å². The van der Waals surface area contributed by atoms with E-state index < -0.39 is 0 Å². The van der Waals surface area contributed by atoms with Crippen LogP contribution in [0.4, 0.5) is 5.69 Å². The van der Waals surface area contributed by atoms with Crippen LogP contribution in [-0.4, -0.2) is 4.90 Å². The summed E-state index contributed by atoms with van der Waals surface area (Å²) in [6.07, 6.45) is 0. The van der Waals surface area contributed by atoms with Crippen LogP contribution in [0.25, 0.3) is 0 Å². The van der Waals surface area contributed by atoms with Crippen molar-refractivity contribution >= 4 is 5.69 Å². The van der Waals surface area contributed by atoms with Gasteiger partial charge in [0.05, 0.1) is 6.04 Å². The smallest absolute Gasteiger partial charge is 0.121 e. The summed E-state index contributed by atoms with van der Waals surface area (Å²) >= 11 is 0. The Labute approximate surface area is 107 Å². The SMILES string of the molecule is Cc1ccc(C(C)N2Cc3cccc(N)c3C2)o1. The third-order valence-corrected chi connectivity index (χ3v) is 3.76. The van der Waals surface area contributed by atoms with Crippen molar-refractivity contribution in [3.8, 4) is 0 Å². The van der Waals surface area contributed by atoms with Gasteiger partial charge in [0.15, 0.2) is 0 Å². The molecule has 1 aliphatic heterocycles. The van der Waals surface area contributed by atoms with Crippen LogP contribution < -0.4 is 5.73 Å². The topological polar surface area (TPSA) is 42.4 Å². The first-order valence-corrected chi connectivity index (χ1v) is 6.32. The molecular formula is C15H18N2O. The lowest BCUT2D eigenvalue weighted by Crippen LogP contribution is -2.20. The molecule has 1 aromatic carbocycles. The summed E-state index contributed by atoms with van der Waals surface area (Å²) in [5.41, 5.74) is 9.54. The maximum Gasteiger partial charge on any atom is 0.121 e. The van der Waals surface area contributed by atoms with E-state index >= 15 is 0 Å². The number of rotatable bonds is 2. The fourth-order valence-electron chi connectivity index (χ4n) is 2.61. The summed E-state index contributed by atoms with van der Waals surface area (Å²) in [5, 5.41) is 0. The number of aryl methyl sites for hydroxylation is 1. The van der Waals surface area contributed by atoms with Gasteiger partial charge in [-0.2, -0.15) is 0 Å². The molecule has 2 N–H and O–H groups in total. The second-order valence-electron chi connectivity index (χ2n) is 5.01. The quantitative estimate of drug-likeness (QED) is 0.822. The van der Waals surface area contributed by atoms with Gasteiger partial charge in [-0.05, 0) is 43.2 Å². The third-order valence-electron chi connectivity index (χ3n) is 3.76. The molecule has 3 heteroatoms. The number of fused-ring (bicyclic) bond motifs is 1. The number of nitrogen functional groups attached to an aromatic ring is 1. The second-order valence-corrected chi connectivity index (χ2v) is 5.01. The van der Waals surface area contributed by atoms with E-state index in [9.17, 15) is 0 Å². The minimum absolute atomic E-state index is 0.283. The fourth-order valence-corrected chi connectivity index (χ4v) is 2.61. The molecule has 1 unspecified atom stereocenters. The molecular weight excluding hydrogens is 224 g/mol. The molecule has 2 heterocycles. The van der Waals surface area contributed by atoms with E-state index in [2.05, 4.69) is 24.0 Å². The molecule has 3 nitrogen and oxygen atoms in total. The Kier molecular flexibility index (Phi) is 2.63. The molecule has 94 valence electrons. The average Bonchev–Trinajstić information content (AvgIpc) is 2.95. The Bertz CT molecular complexity index is 574. The lowest BCUT2D eigenvalue weighted by Gasteiger charge is -2.21. The first-order chi connectivity index (χ1) is 8.65. The number of nitrogens with zero attached hydrogens (tertiary/aromatic N) is 1. The van der Waals surface area contributed by atoms with E-state index in [1.165, 1.54) is 11.1 Å². The maximum absolute atomic E-state index is 6.03. The van der Waals surface area contributed by atoms with Crippen molar-refractivity contribution in [3.05, 3.63) is 53.0 Å². The normalized spacial score (nSPS) is 16.8. The van der Waals surface area contributed by atoms with E-state index in [0.717, 1.165) is 30.3 Å². The van der Waals surface area contributed by atoms with Crippen LogP contribution in [0.1, 0.15) is 35.6 Å². The third kappa shape index (κ3) is 1.81. The van der Waals surface area contributed by atoms with Crippen molar-refractivity contribution in [1.82, 2.24) is 4.90 Å². The molecule has 0 bridgehead atoms. The van der Waals surface area contributed by atoms with Crippen LogP contribution in [0.2, 0.25) is 0 Å². The van der Waals surface area contributed by atoms with Crippen molar-refractivity contribution in [1.29, 1.82) is 0 Å². The van der Waals surface area contributed by atoms with E-state index in [-0.39, 0.29) is 6.04 Å². The fraction of sp³-hybridized carbons (Fsp3) is 0.333. The molecule has 18 heavy (non-hydrogen) atoms. The lowest BCUT2D eigenvalue weighted by atomic mass is 10.1. The van der Waals surface area contributed by atoms with Gasteiger partial charge in [-0.1, -0.05) is 12.1 Å². The van der Waals surface area contributed by atoms with Crippen molar-refractivity contribution in [2.45, 2.75) is 33.0 Å². The van der Waals surface area contributed by atoms with Crippen LogP contribution in [0.15, 0.2) is 34.7 Å². The van der Waals surface area contributed by atoms with Gasteiger partial charge in [-0.3, -0.25) is 4.90 Å². The number of furan rings is 1. The van der Waals surface area contributed by atoms with Gasteiger partial charge in [-0.25, -0.2) is 0 Å². The Morgan fingerprint density at radius 3 is 2.72 bits per heavy atom. The molecule has 0 radical (unpaired) electrons. The summed E-state index contributed by atoms with van der Waals surface area (Å²) in [5.74, 6) is 1.99. The van der Waals surface area contributed by atoms with Crippen molar-refractivity contribution in [3.63, 3.8) is 0 Å². The van der Waals surface area contributed by atoms with E-state index in [1.54, 1.807) is 0 Å². The molecule has 0 saturated carbocycles. The van der Waals surface area contributed by atoms with Crippen molar-refractivity contribution in [2.24, 2.45) is 0 Å². The zero-order chi connectivity index (χ0) is 12.7. The minimum Gasteiger partial charge on any atom is -0.465 e. The molecule has 1 aliphatic rings. The zero-order valence-corrected chi connectivity index (χ0v) is 10.8. The first-order valence-electron chi connectivity index (χ1n) is 6.32. The second kappa shape index (κ2) is 4.18. The highest BCUT2D eigenvalue weighted by molar-refractivity contribution is 5.52.